The predicted molar refractivity (Wildman–Crippen MR) is 74.7 cm³/mol. The van der Waals surface area contributed by atoms with Crippen molar-refractivity contribution in [1.29, 1.82) is 0 Å². The van der Waals surface area contributed by atoms with Gasteiger partial charge in [-0.15, -0.1) is 0 Å². The lowest BCUT2D eigenvalue weighted by molar-refractivity contribution is 0.112. The lowest BCUT2D eigenvalue weighted by Crippen LogP contribution is -2.41. The maximum atomic E-state index is 11.7. The molecule has 4 nitrogen and oxygen atoms in total. The van der Waals surface area contributed by atoms with Gasteiger partial charge in [-0.05, 0) is 38.0 Å². The highest BCUT2D eigenvalue weighted by molar-refractivity contribution is 7.91. The van der Waals surface area contributed by atoms with Gasteiger partial charge in [0.1, 0.15) is 9.84 Å². The second-order valence-corrected chi connectivity index (χ2v) is 9.12. The number of aliphatic hydroxyl groups is 1. The normalized spacial score (nSPS) is 44.4. The minimum absolute atomic E-state index is 0.121. The third kappa shape index (κ3) is 2.69. The summed E-state index contributed by atoms with van der Waals surface area (Å²) in [7, 11) is -2.89. The summed E-state index contributed by atoms with van der Waals surface area (Å²) in [6, 6.07) is 0.422. The standard InChI is InChI=1S/C14H25NO3S/c1-19(17,18)12-4-2-3-11(7-12)15-8-10-5-6-14(16)13(10)9-15/h10-14,16H,2-9H2,1H3. The first-order chi connectivity index (χ1) is 8.95. The van der Waals surface area contributed by atoms with E-state index in [1.54, 1.807) is 0 Å². The Morgan fingerprint density at radius 1 is 1.11 bits per heavy atom. The third-order valence-corrected chi connectivity index (χ3v) is 7.21. The van der Waals surface area contributed by atoms with Crippen molar-refractivity contribution in [1.82, 2.24) is 4.90 Å². The Kier molecular flexibility index (Phi) is 3.65. The molecular weight excluding hydrogens is 262 g/mol. The average Bonchev–Trinajstić information content (AvgIpc) is 2.91. The van der Waals surface area contributed by atoms with Gasteiger partial charge in [-0.2, -0.15) is 0 Å². The van der Waals surface area contributed by atoms with E-state index in [1.807, 2.05) is 0 Å². The van der Waals surface area contributed by atoms with E-state index in [-0.39, 0.29) is 11.4 Å². The SMILES string of the molecule is CS(=O)(=O)C1CCCC(N2CC3CCC(O)C3C2)C1. The van der Waals surface area contributed by atoms with Crippen LogP contribution in [0.2, 0.25) is 0 Å². The van der Waals surface area contributed by atoms with Gasteiger partial charge in [0, 0.05) is 31.3 Å². The molecule has 1 N–H and O–H groups in total. The smallest absolute Gasteiger partial charge is 0.150 e. The van der Waals surface area contributed by atoms with Crippen molar-refractivity contribution in [2.45, 2.75) is 55.9 Å². The van der Waals surface area contributed by atoms with Gasteiger partial charge in [-0.1, -0.05) is 6.42 Å². The quantitative estimate of drug-likeness (QED) is 0.824. The summed E-state index contributed by atoms with van der Waals surface area (Å²) in [4.78, 5) is 2.47. The molecule has 2 saturated carbocycles. The second-order valence-electron chi connectivity index (χ2n) is 6.79. The lowest BCUT2D eigenvalue weighted by atomic mass is 9.93. The highest BCUT2D eigenvalue weighted by Crippen LogP contribution is 2.40. The number of sulfone groups is 1. The van der Waals surface area contributed by atoms with E-state index in [0.717, 1.165) is 51.6 Å². The van der Waals surface area contributed by atoms with Crippen molar-refractivity contribution in [3.63, 3.8) is 0 Å². The Morgan fingerprint density at radius 3 is 2.58 bits per heavy atom. The molecule has 3 rings (SSSR count). The van der Waals surface area contributed by atoms with Crippen LogP contribution in [0.3, 0.4) is 0 Å². The molecule has 3 fully saturated rings. The molecule has 110 valence electrons. The molecule has 5 atom stereocenters. The summed E-state index contributed by atoms with van der Waals surface area (Å²) in [6.07, 6.45) is 7.14. The molecule has 2 aliphatic carbocycles. The van der Waals surface area contributed by atoms with Crippen molar-refractivity contribution in [3.05, 3.63) is 0 Å². The van der Waals surface area contributed by atoms with Crippen LogP contribution in [0.25, 0.3) is 0 Å². The molecule has 1 heterocycles. The summed E-state index contributed by atoms with van der Waals surface area (Å²) in [6.45, 7) is 2.05. The number of likely N-dealkylation sites (tertiary alicyclic amines) is 1. The summed E-state index contributed by atoms with van der Waals surface area (Å²) in [5.41, 5.74) is 0. The second kappa shape index (κ2) is 5.01. The Balaban J connectivity index is 1.64. The molecule has 0 bridgehead atoms. The number of fused-ring (bicyclic) bond motifs is 1. The van der Waals surface area contributed by atoms with Gasteiger partial charge >= 0.3 is 0 Å². The maximum Gasteiger partial charge on any atom is 0.150 e. The van der Waals surface area contributed by atoms with Gasteiger partial charge in [0.25, 0.3) is 0 Å². The van der Waals surface area contributed by atoms with Crippen LogP contribution in [-0.4, -0.2) is 55.2 Å². The molecule has 0 aromatic carbocycles. The van der Waals surface area contributed by atoms with Gasteiger partial charge in [0.05, 0.1) is 11.4 Å². The molecule has 3 aliphatic rings. The van der Waals surface area contributed by atoms with E-state index < -0.39 is 9.84 Å². The van der Waals surface area contributed by atoms with Crippen LogP contribution in [0.5, 0.6) is 0 Å². The lowest BCUT2D eigenvalue weighted by Gasteiger charge is -2.35. The molecule has 0 aromatic rings. The Morgan fingerprint density at radius 2 is 1.89 bits per heavy atom. The Bertz CT molecular complexity index is 436. The van der Waals surface area contributed by atoms with E-state index in [4.69, 9.17) is 0 Å². The maximum absolute atomic E-state index is 11.7. The number of hydrogen-bond donors (Lipinski definition) is 1. The molecule has 0 aromatic heterocycles. The zero-order valence-electron chi connectivity index (χ0n) is 11.7. The van der Waals surface area contributed by atoms with Crippen molar-refractivity contribution >= 4 is 9.84 Å². The van der Waals surface area contributed by atoms with Crippen LogP contribution in [0, 0.1) is 11.8 Å². The van der Waals surface area contributed by atoms with Crippen LogP contribution >= 0.6 is 0 Å². The molecule has 5 unspecified atom stereocenters. The van der Waals surface area contributed by atoms with Gasteiger partial charge in [-0.25, -0.2) is 8.42 Å². The number of aliphatic hydroxyl groups excluding tert-OH is 1. The van der Waals surface area contributed by atoms with Crippen molar-refractivity contribution in [2.75, 3.05) is 19.3 Å². The van der Waals surface area contributed by atoms with Gasteiger partial charge in [-0.3, -0.25) is 4.90 Å². The van der Waals surface area contributed by atoms with Crippen LogP contribution in [-0.2, 0) is 9.84 Å². The molecular formula is C14H25NO3S. The third-order valence-electron chi connectivity index (χ3n) is 5.57. The van der Waals surface area contributed by atoms with Gasteiger partial charge in [0.15, 0.2) is 0 Å². The summed E-state index contributed by atoms with van der Waals surface area (Å²) >= 11 is 0. The molecule has 0 spiro atoms. The number of nitrogens with zero attached hydrogens (tertiary/aromatic N) is 1. The first-order valence-electron chi connectivity index (χ1n) is 7.56. The zero-order valence-corrected chi connectivity index (χ0v) is 12.5. The molecule has 5 heteroatoms. The topological polar surface area (TPSA) is 57.6 Å². The first-order valence-corrected chi connectivity index (χ1v) is 9.51. The number of rotatable bonds is 2. The van der Waals surface area contributed by atoms with Gasteiger partial charge in [0.2, 0.25) is 0 Å². The van der Waals surface area contributed by atoms with Crippen molar-refractivity contribution in [2.24, 2.45) is 11.8 Å². The van der Waals surface area contributed by atoms with E-state index in [1.165, 1.54) is 6.26 Å². The van der Waals surface area contributed by atoms with E-state index in [2.05, 4.69) is 4.90 Å². The van der Waals surface area contributed by atoms with Crippen LogP contribution < -0.4 is 0 Å². The predicted octanol–water partition coefficient (Wildman–Crippen LogP) is 1.04. The highest BCUT2D eigenvalue weighted by atomic mass is 32.2. The average molecular weight is 287 g/mol. The molecule has 0 amide bonds. The monoisotopic (exact) mass is 287 g/mol. The van der Waals surface area contributed by atoms with Crippen LogP contribution in [0.1, 0.15) is 38.5 Å². The molecule has 1 aliphatic heterocycles. The van der Waals surface area contributed by atoms with Gasteiger partial charge < -0.3 is 5.11 Å². The van der Waals surface area contributed by atoms with Crippen molar-refractivity contribution in [3.8, 4) is 0 Å². The fraction of sp³-hybridized carbons (Fsp3) is 1.00. The fourth-order valence-electron chi connectivity index (χ4n) is 4.41. The number of hydrogen-bond acceptors (Lipinski definition) is 4. The van der Waals surface area contributed by atoms with Crippen LogP contribution in [0.15, 0.2) is 0 Å². The summed E-state index contributed by atoms with van der Waals surface area (Å²) in [5, 5.41) is 9.83. The Hall–Kier alpha value is -0.130. The van der Waals surface area contributed by atoms with E-state index >= 15 is 0 Å². The van der Waals surface area contributed by atoms with E-state index in [9.17, 15) is 13.5 Å². The molecule has 0 radical (unpaired) electrons. The zero-order chi connectivity index (χ0) is 13.6. The van der Waals surface area contributed by atoms with Crippen LogP contribution in [0.4, 0.5) is 0 Å². The Labute approximate surface area is 116 Å². The van der Waals surface area contributed by atoms with Crippen molar-refractivity contribution < 1.29 is 13.5 Å². The highest BCUT2D eigenvalue weighted by Gasteiger charge is 2.44. The fourth-order valence-corrected chi connectivity index (χ4v) is 5.58. The molecule has 1 saturated heterocycles. The molecule has 19 heavy (non-hydrogen) atoms. The largest absolute Gasteiger partial charge is 0.393 e. The first kappa shape index (κ1) is 13.8. The summed E-state index contributed by atoms with van der Waals surface area (Å²) < 4.78 is 23.5. The minimum Gasteiger partial charge on any atom is -0.393 e. The summed E-state index contributed by atoms with van der Waals surface area (Å²) in [5.74, 6) is 1.09. The van der Waals surface area contributed by atoms with E-state index in [0.29, 0.717) is 17.9 Å². The minimum atomic E-state index is -2.89.